The molecule has 0 fully saturated rings. The molecular weight excluding hydrogens is 260 g/mol. The maximum absolute atomic E-state index is 11.0. The quantitative estimate of drug-likeness (QED) is 0.471. The Morgan fingerprint density at radius 3 is 2.37 bits per heavy atom. The summed E-state index contributed by atoms with van der Waals surface area (Å²) in [5.41, 5.74) is 1.35. The van der Waals surface area contributed by atoms with Crippen molar-refractivity contribution >= 4 is 17.7 Å². The van der Waals surface area contributed by atoms with Crippen LogP contribution in [-0.4, -0.2) is 26.8 Å². The molecule has 0 spiro atoms. The molecule has 0 saturated heterocycles. The van der Waals surface area contributed by atoms with Crippen molar-refractivity contribution in [1.82, 2.24) is 9.97 Å². The van der Waals surface area contributed by atoms with E-state index in [4.69, 9.17) is 5.11 Å². The van der Waals surface area contributed by atoms with Crippen molar-refractivity contribution in [3.05, 3.63) is 17.5 Å². The first-order valence-electron chi connectivity index (χ1n) is 6.50. The zero-order chi connectivity index (χ0) is 14.5. The largest absolute Gasteiger partial charge is 0.481 e. The lowest BCUT2D eigenvalue weighted by Gasteiger charge is -2.18. The molecule has 0 aliphatic carbocycles. The number of carboxylic acids is 1. The zero-order valence-electron chi connectivity index (χ0n) is 12.1. The van der Waals surface area contributed by atoms with Crippen molar-refractivity contribution in [3.8, 4) is 0 Å². The molecule has 0 aromatic carbocycles. The molecule has 4 nitrogen and oxygen atoms in total. The van der Waals surface area contributed by atoms with Gasteiger partial charge in [-0.15, -0.1) is 0 Å². The third-order valence-electron chi connectivity index (χ3n) is 2.97. The summed E-state index contributed by atoms with van der Waals surface area (Å²) in [6.07, 6.45) is 2.60. The monoisotopic (exact) mass is 282 g/mol. The minimum Gasteiger partial charge on any atom is -0.481 e. The topological polar surface area (TPSA) is 63.1 Å². The van der Waals surface area contributed by atoms with Crippen LogP contribution in [0.25, 0.3) is 0 Å². The van der Waals surface area contributed by atoms with Crippen LogP contribution >= 0.6 is 11.8 Å². The molecule has 1 aromatic heterocycles. The van der Waals surface area contributed by atoms with Crippen LogP contribution in [0.15, 0.2) is 11.2 Å². The Hall–Kier alpha value is -1.10. The third kappa shape index (κ3) is 5.59. The van der Waals surface area contributed by atoms with Crippen LogP contribution < -0.4 is 0 Å². The Bertz CT molecular complexity index is 427. The normalized spacial score (nSPS) is 11.6. The SMILES string of the molecule is Cc1cc(C)nc(SCCCCC(C)(C)C(=O)O)n1. The van der Waals surface area contributed by atoms with Crippen LogP contribution in [0, 0.1) is 19.3 Å². The van der Waals surface area contributed by atoms with Crippen molar-refractivity contribution in [3.63, 3.8) is 0 Å². The van der Waals surface area contributed by atoms with Crippen LogP contribution in [0.3, 0.4) is 0 Å². The van der Waals surface area contributed by atoms with E-state index < -0.39 is 11.4 Å². The molecular formula is C14H22N2O2S. The highest BCUT2D eigenvalue weighted by Crippen LogP contribution is 2.24. The fourth-order valence-electron chi connectivity index (χ4n) is 1.70. The van der Waals surface area contributed by atoms with Gasteiger partial charge in [-0.25, -0.2) is 9.97 Å². The molecule has 0 unspecified atom stereocenters. The van der Waals surface area contributed by atoms with Gasteiger partial charge in [0, 0.05) is 17.1 Å². The maximum Gasteiger partial charge on any atom is 0.309 e. The lowest BCUT2D eigenvalue weighted by atomic mass is 9.88. The molecule has 1 N–H and O–H groups in total. The van der Waals surface area contributed by atoms with Gasteiger partial charge in [0.2, 0.25) is 0 Å². The average molecular weight is 282 g/mol. The molecule has 19 heavy (non-hydrogen) atoms. The Balaban J connectivity index is 2.30. The van der Waals surface area contributed by atoms with E-state index in [0.29, 0.717) is 6.42 Å². The fourth-order valence-corrected chi connectivity index (χ4v) is 2.65. The second-order valence-electron chi connectivity index (χ2n) is 5.43. The van der Waals surface area contributed by atoms with Gasteiger partial charge in [0.05, 0.1) is 5.41 Å². The first-order valence-corrected chi connectivity index (χ1v) is 7.48. The number of aromatic nitrogens is 2. The summed E-state index contributed by atoms with van der Waals surface area (Å²) in [5.74, 6) is 0.205. The van der Waals surface area contributed by atoms with E-state index in [9.17, 15) is 4.79 Å². The molecule has 1 aromatic rings. The number of aryl methyl sites for hydroxylation is 2. The minimum absolute atomic E-state index is 0.624. The number of thioether (sulfide) groups is 1. The van der Waals surface area contributed by atoms with Gasteiger partial charge in [-0.2, -0.15) is 0 Å². The molecule has 1 rings (SSSR count). The molecule has 0 saturated carbocycles. The van der Waals surface area contributed by atoms with Crippen LogP contribution in [0.2, 0.25) is 0 Å². The van der Waals surface area contributed by atoms with Crippen LogP contribution in [0.5, 0.6) is 0 Å². The molecule has 0 bridgehead atoms. The zero-order valence-corrected chi connectivity index (χ0v) is 12.9. The molecule has 5 heteroatoms. The number of carbonyl (C=O) groups is 1. The Labute approximate surface area is 119 Å². The summed E-state index contributed by atoms with van der Waals surface area (Å²) >= 11 is 1.64. The first kappa shape index (κ1) is 16.0. The third-order valence-corrected chi connectivity index (χ3v) is 3.90. The minimum atomic E-state index is -0.724. The highest BCUT2D eigenvalue weighted by Gasteiger charge is 2.25. The van der Waals surface area contributed by atoms with Crippen molar-refractivity contribution in [2.24, 2.45) is 5.41 Å². The Kier molecular flexibility index (Phi) is 5.79. The number of aliphatic carboxylic acids is 1. The van der Waals surface area contributed by atoms with Gasteiger partial charge < -0.3 is 5.11 Å². The Morgan fingerprint density at radius 1 is 1.26 bits per heavy atom. The van der Waals surface area contributed by atoms with E-state index >= 15 is 0 Å². The van der Waals surface area contributed by atoms with Crippen LogP contribution in [0.1, 0.15) is 44.5 Å². The van der Waals surface area contributed by atoms with E-state index in [0.717, 1.165) is 35.1 Å². The van der Waals surface area contributed by atoms with Crippen LogP contribution in [0.4, 0.5) is 0 Å². The van der Waals surface area contributed by atoms with E-state index in [-0.39, 0.29) is 0 Å². The second-order valence-corrected chi connectivity index (χ2v) is 6.49. The number of unbranched alkanes of at least 4 members (excludes halogenated alkanes) is 1. The fraction of sp³-hybridized carbons (Fsp3) is 0.643. The standard InChI is InChI=1S/C14H22N2O2S/c1-10-9-11(2)16-13(15-10)19-8-6-5-7-14(3,4)12(17)18/h9H,5-8H2,1-4H3,(H,17,18). The maximum atomic E-state index is 11.0. The number of hydrogen-bond donors (Lipinski definition) is 1. The molecule has 106 valence electrons. The number of hydrogen-bond acceptors (Lipinski definition) is 4. The van der Waals surface area contributed by atoms with E-state index in [1.807, 2.05) is 19.9 Å². The molecule has 0 atom stereocenters. The smallest absolute Gasteiger partial charge is 0.309 e. The van der Waals surface area contributed by atoms with Gasteiger partial charge in [-0.1, -0.05) is 18.2 Å². The van der Waals surface area contributed by atoms with Gasteiger partial charge >= 0.3 is 5.97 Å². The van der Waals surface area contributed by atoms with Gasteiger partial charge in [0.15, 0.2) is 5.16 Å². The van der Waals surface area contributed by atoms with E-state index in [1.165, 1.54) is 0 Å². The second kappa shape index (κ2) is 6.89. The summed E-state index contributed by atoms with van der Waals surface area (Å²) in [7, 11) is 0. The van der Waals surface area contributed by atoms with Gasteiger partial charge in [-0.05, 0) is 46.6 Å². The summed E-state index contributed by atoms with van der Waals surface area (Å²) in [4.78, 5) is 19.7. The number of rotatable bonds is 7. The summed E-state index contributed by atoms with van der Waals surface area (Å²) in [5, 5.41) is 9.83. The number of carboxylic acid groups (broad SMARTS) is 1. The summed E-state index contributed by atoms with van der Waals surface area (Å²) in [6, 6.07) is 1.96. The van der Waals surface area contributed by atoms with Gasteiger partial charge in [0.25, 0.3) is 0 Å². The average Bonchev–Trinajstić information content (AvgIpc) is 2.26. The lowest BCUT2D eigenvalue weighted by Crippen LogP contribution is -2.23. The molecule has 1 heterocycles. The Morgan fingerprint density at radius 2 is 1.84 bits per heavy atom. The molecule has 0 amide bonds. The molecule has 0 aliphatic heterocycles. The van der Waals surface area contributed by atoms with Gasteiger partial charge in [0.1, 0.15) is 0 Å². The highest BCUT2D eigenvalue weighted by atomic mass is 32.2. The lowest BCUT2D eigenvalue weighted by molar-refractivity contribution is -0.147. The van der Waals surface area contributed by atoms with Crippen molar-refractivity contribution in [2.75, 3.05) is 5.75 Å². The first-order chi connectivity index (χ1) is 8.81. The highest BCUT2D eigenvalue weighted by molar-refractivity contribution is 7.99. The van der Waals surface area contributed by atoms with Gasteiger partial charge in [-0.3, -0.25) is 4.79 Å². The van der Waals surface area contributed by atoms with E-state index in [1.54, 1.807) is 25.6 Å². The summed E-state index contributed by atoms with van der Waals surface area (Å²) in [6.45, 7) is 7.48. The summed E-state index contributed by atoms with van der Waals surface area (Å²) < 4.78 is 0. The van der Waals surface area contributed by atoms with Crippen LogP contribution in [-0.2, 0) is 4.79 Å². The van der Waals surface area contributed by atoms with Crippen molar-refractivity contribution in [1.29, 1.82) is 0 Å². The molecule has 0 radical (unpaired) electrons. The van der Waals surface area contributed by atoms with E-state index in [2.05, 4.69) is 9.97 Å². The van der Waals surface area contributed by atoms with Crippen molar-refractivity contribution < 1.29 is 9.90 Å². The number of nitrogens with zero attached hydrogens (tertiary/aromatic N) is 2. The predicted octanol–water partition coefficient (Wildman–Crippen LogP) is 3.47. The predicted molar refractivity (Wildman–Crippen MR) is 77.5 cm³/mol. The molecule has 0 aliphatic rings. The van der Waals surface area contributed by atoms with Crippen molar-refractivity contribution in [2.45, 2.75) is 52.1 Å².